The molecule has 1 aromatic heterocycles. The first-order valence-electron chi connectivity index (χ1n) is 5.44. The minimum Gasteiger partial charge on any atom is -0.292 e. The van der Waals surface area contributed by atoms with Gasteiger partial charge in [-0.25, -0.2) is 4.98 Å². The summed E-state index contributed by atoms with van der Waals surface area (Å²) in [4.78, 5) is 6.80. The zero-order valence-corrected chi connectivity index (χ0v) is 10.1. The van der Waals surface area contributed by atoms with E-state index in [0.717, 1.165) is 12.2 Å². The molecule has 1 saturated heterocycles. The van der Waals surface area contributed by atoms with Gasteiger partial charge in [0.2, 0.25) is 0 Å². The van der Waals surface area contributed by atoms with Crippen molar-refractivity contribution in [2.45, 2.75) is 38.8 Å². The van der Waals surface area contributed by atoms with Crippen LogP contribution in [0.2, 0.25) is 5.15 Å². The summed E-state index contributed by atoms with van der Waals surface area (Å²) < 4.78 is 0. The van der Waals surface area contributed by atoms with Crippen LogP contribution < -0.4 is 0 Å². The normalized spacial score (nSPS) is 20.7. The second-order valence-corrected chi connectivity index (χ2v) is 5.18. The number of hydrogen-bond acceptors (Lipinski definition) is 2. The van der Waals surface area contributed by atoms with Gasteiger partial charge in [-0.3, -0.25) is 4.90 Å². The molecule has 0 atom stereocenters. The van der Waals surface area contributed by atoms with Gasteiger partial charge in [0.1, 0.15) is 5.15 Å². The zero-order valence-electron chi connectivity index (χ0n) is 9.33. The van der Waals surface area contributed by atoms with Gasteiger partial charge in [-0.1, -0.05) is 17.7 Å². The second kappa shape index (κ2) is 4.11. The van der Waals surface area contributed by atoms with Crippen molar-refractivity contribution in [2.24, 2.45) is 0 Å². The molecular formula is C12H17ClN2. The second-order valence-electron chi connectivity index (χ2n) is 4.79. The molecule has 1 aromatic rings. The molecule has 0 saturated carbocycles. The van der Waals surface area contributed by atoms with Crippen LogP contribution in [0.3, 0.4) is 0 Å². The number of pyridine rings is 1. The quantitative estimate of drug-likeness (QED) is 0.718. The third-order valence-electron chi connectivity index (χ3n) is 3.20. The molecule has 3 heteroatoms. The fraction of sp³-hybridized carbons (Fsp3) is 0.583. The summed E-state index contributed by atoms with van der Waals surface area (Å²) >= 11 is 5.87. The molecule has 0 spiro atoms. The summed E-state index contributed by atoms with van der Waals surface area (Å²) in [7, 11) is 0. The smallest absolute Gasteiger partial charge is 0.129 e. The van der Waals surface area contributed by atoms with Crippen LogP contribution in [0.15, 0.2) is 18.2 Å². The Balaban J connectivity index is 2.09. The van der Waals surface area contributed by atoms with Crippen LogP contribution in [0, 0.1) is 0 Å². The summed E-state index contributed by atoms with van der Waals surface area (Å²) in [6, 6.07) is 5.83. The van der Waals surface area contributed by atoms with E-state index in [4.69, 9.17) is 11.6 Å². The maximum Gasteiger partial charge on any atom is 0.129 e. The van der Waals surface area contributed by atoms with Crippen LogP contribution >= 0.6 is 11.6 Å². The molecule has 0 radical (unpaired) electrons. The molecule has 2 rings (SSSR count). The standard InChI is InChI=1S/C12H17ClN2/c1-12(2)7-4-8-15(12)9-10-5-3-6-11(13)14-10/h3,5-6H,4,7-9H2,1-2H3. The van der Waals surface area contributed by atoms with E-state index in [1.54, 1.807) is 0 Å². The molecule has 1 fully saturated rings. The maximum atomic E-state index is 5.87. The average Bonchev–Trinajstić information content (AvgIpc) is 2.46. The predicted molar refractivity (Wildman–Crippen MR) is 63.0 cm³/mol. The van der Waals surface area contributed by atoms with Gasteiger partial charge in [-0.05, 0) is 45.4 Å². The van der Waals surface area contributed by atoms with Gasteiger partial charge < -0.3 is 0 Å². The van der Waals surface area contributed by atoms with Crippen molar-refractivity contribution >= 4 is 11.6 Å². The Bertz CT molecular complexity index is 349. The third-order valence-corrected chi connectivity index (χ3v) is 3.41. The van der Waals surface area contributed by atoms with Crippen LogP contribution in [0.4, 0.5) is 0 Å². The molecular weight excluding hydrogens is 208 g/mol. The molecule has 0 bridgehead atoms. The SMILES string of the molecule is CC1(C)CCCN1Cc1cccc(Cl)n1. The molecule has 0 aliphatic carbocycles. The van der Waals surface area contributed by atoms with Crippen molar-refractivity contribution in [3.63, 3.8) is 0 Å². The van der Waals surface area contributed by atoms with E-state index in [1.807, 2.05) is 18.2 Å². The monoisotopic (exact) mass is 224 g/mol. The van der Waals surface area contributed by atoms with Gasteiger partial charge in [0.25, 0.3) is 0 Å². The summed E-state index contributed by atoms with van der Waals surface area (Å²) in [5.74, 6) is 0. The van der Waals surface area contributed by atoms with Crippen LogP contribution in [0.5, 0.6) is 0 Å². The lowest BCUT2D eigenvalue weighted by Crippen LogP contribution is -2.37. The number of aromatic nitrogens is 1. The summed E-state index contributed by atoms with van der Waals surface area (Å²) in [6.07, 6.45) is 2.56. The van der Waals surface area contributed by atoms with Gasteiger partial charge in [0.05, 0.1) is 5.69 Å². The molecule has 1 aliphatic rings. The molecule has 0 N–H and O–H groups in total. The molecule has 82 valence electrons. The van der Waals surface area contributed by atoms with Crippen molar-refractivity contribution in [2.75, 3.05) is 6.54 Å². The highest BCUT2D eigenvalue weighted by molar-refractivity contribution is 6.29. The van der Waals surface area contributed by atoms with E-state index in [9.17, 15) is 0 Å². The van der Waals surface area contributed by atoms with Crippen molar-refractivity contribution in [1.29, 1.82) is 0 Å². The Morgan fingerprint density at radius 3 is 2.87 bits per heavy atom. The highest BCUT2D eigenvalue weighted by atomic mass is 35.5. The van der Waals surface area contributed by atoms with Crippen molar-refractivity contribution in [1.82, 2.24) is 9.88 Å². The molecule has 2 heterocycles. The molecule has 2 nitrogen and oxygen atoms in total. The first-order valence-corrected chi connectivity index (χ1v) is 5.82. The van der Waals surface area contributed by atoms with E-state index in [0.29, 0.717) is 10.7 Å². The summed E-state index contributed by atoms with van der Waals surface area (Å²) in [6.45, 7) is 6.67. The van der Waals surface area contributed by atoms with Gasteiger partial charge in [0, 0.05) is 12.1 Å². The minimum atomic E-state index is 0.310. The molecule has 15 heavy (non-hydrogen) atoms. The van der Waals surface area contributed by atoms with E-state index < -0.39 is 0 Å². The van der Waals surface area contributed by atoms with Crippen molar-refractivity contribution in [3.05, 3.63) is 29.0 Å². The van der Waals surface area contributed by atoms with Crippen LogP contribution in [0.25, 0.3) is 0 Å². The lowest BCUT2D eigenvalue weighted by Gasteiger charge is -2.31. The van der Waals surface area contributed by atoms with Gasteiger partial charge >= 0.3 is 0 Å². The Morgan fingerprint density at radius 1 is 1.47 bits per heavy atom. The number of nitrogens with zero attached hydrogens (tertiary/aromatic N) is 2. The van der Waals surface area contributed by atoms with Gasteiger partial charge in [0.15, 0.2) is 0 Å². The summed E-state index contributed by atoms with van der Waals surface area (Å²) in [5, 5.41) is 0.588. The Morgan fingerprint density at radius 2 is 2.27 bits per heavy atom. The zero-order chi connectivity index (χ0) is 10.9. The topological polar surface area (TPSA) is 16.1 Å². The van der Waals surface area contributed by atoms with Crippen molar-refractivity contribution in [3.8, 4) is 0 Å². The highest BCUT2D eigenvalue weighted by Crippen LogP contribution is 2.29. The lowest BCUT2D eigenvalue weighted by molar-refractivity contribution is 0.164. The van der Waals surface area contributed by atoms with Gasteiger partial charge in [-0.2, -0.15) is 0 Å². The van der Waals surface area contributed by atoms with E-state index in [1.165, 1.54) is 19.4 Å². The molecule has 0 amide bonds. The highest BCUT2D eigenvalue weighted by Gasteiger charge is 2.31. The Kier molecular flexibility index (Phi) is 2.98. The minimum absolute atomic E-state index is 0.310. The Hall–Kier alpha value is -0.600. The number of likely N-dealkylation sites (tertiary alicyclic amines) is 1. The van der Waals surface area contributed by atoms with Crippen LogP contribution in [-0.4, -0.2) is 22.0 Å². The lowest BCUT2D eigenvalue weighted by atomic mass is 10.0. The summed E-state index contributed by atoms with van der Waals surface area (Å²) in [5.41, 5.74) is 1.38. The first-order chi connectivity index (χ1) is 7.08. The van der Waals surface area contributed by atoms with Gasteiger partial charge in [-0.15, -0.1) is 0 Å². The predicted octanol–water partition coefficient (Wildman–Crippen LogP) is 3.11. The first kappa shape index (κ1) is 10.9. The van der Waals surface area contributed by atoms with Crippen LogP contribution in [-0.2, 0) is 6.54 Å². The molecule has 0 unspecified atom stereocenters. The fourth-order valence-corrected chi connectivity index (χ4v) is 2.37. The average molecular weight is 225 g/mol. The third kappa shape index (κ3) is 2.50. The van der Waals surface area contributed by atoms with E-state index in [-0.39, 0.29) is 0 Å². The number of halogens is 1. The number of rotatable bonds is 2. The fourth-order valence-electron chi connectivity index (χ4n) is 2.19. The molecule has 1 aliphatic heterocycles. The van der Waals surface area contributed by atoms with Crippen LogP contribution in [0.1, 0.15) is 32.4 Å². The number of hydrogen-bond donors (Lipinski definition) is 0. The maximum absolute atomic E-state index is 5.87. The Labute approximate surface area is 96.3 Å². The molecule has 0 aromatic carbocycles. The van der Waals surface area contributed by atoms with Crippen molar-refractivity contribution < 1.29 is 0 Å². The van der Waals surface area contributed by atoms with E-state index in [2.05, 4.69) is 23.7 Å². The van der Waals surface area contributed by atoms with E-state index >= 15 is 0 Å². The largest absolute Gasteiger partial charge is 0.292 e.